The maximum atomic E-state index is 11.1. The normalized spacial score (nSPS) is 11.0. The van der Waals surface area contributed by atoms with Crippen LogP contribution in [0.5, 0.6) is 0 Å². The fourth-order valence-corrected chi connectivity index (χ4v) is 3.40. The first-order chi connectivity index (χ1) is 14.0. The molecule has 0 aliphatic rings. The van der Waals surface area contributed by atoms with Crippen LogP contribution in [0.25, 0.3) is 0 Å². The van der Waals surface area contributed by atoms with Gasteiger partial charge < -0.3 is 8.94 Å². The van der Waals surface area contributed by atoms with Gasteiger partial charge in [0.25, 0.3) is 0 Å². The molecule has 0 amide bonds. The average Bonchev–Trinajstić information content (AvgIpc) is 3.23. The van der Waals surface area contributed by atoms with Gasteiger partial charge in [-0.25, -0.2) is 4.57 Å². The van der Waals surface area contributed by atoms with Gasteiger partial charge in [-0.05, 0) is 18.6 Å². The summed E-state index contributed by atoms with van der Waals surface area (Å²) in [7, 11) is -4.66. The Morgan fingerprint density at radius 2 is 1.14 bits per heavy atom. The van der Waals surface area contributed by atoms with E-state index in [0.717, 1.165) is 12.8 Å². The van der Waals surface area contributed by atoms with Gasteiger partial charge >= 0.3 is 13.8 Å². The van der Waals surface area contributed by atoms with Crippen LogP contribution in [0.3, 0.4) is 0 Å². The first kappa shape index (κ1) is 27.9. The van der Waals surface area contributed by atoms with Crippen molar-refractivity contribution >= 4 is 13.8 Å². The van der Waals surface area contributed by atoms with Gasteiger partial charge in [-0.1, -0.05) is 96.8 Å². The molecule has 0 saturated heterocycles. The molecule has 2 N–H and O–H groups in total. The van der Waals surface area contributed by atoms with Crippen LogP contribution in [-0.2, 0) is 13.9 Å². The Labute approximate surface area is 176 Å². The van der Waals surface area contributed by atoms with Crippen molar-refractivity contribution in [2.24, 2.45) is 0 Å². The average molecular weight is 433 g/mol. The van der Waals surface area contributed by atoms with E-state index < -0.39 is 13.8 Å². The second-order valence-corrected chi connectivity index (χ2v) is 8.61. The molecular formula is C22H41O6P. The van der Waals surface area contributed by atoms with Crippen molar-refractivity contribution in [3.05, 3.63) is 24.7 Å². The van der Waals surface area contributed by atoms with Crippen molar-refractivity contribution in [2.75, 3.05) is 0 Å². The number of carbonyl (C=O) groups is 1. The summed E-state index contributed by atoms with van der Waals surface area (Å²) in [6, 6.07) is 3.67. The Morgan fingerprint density at radius 1 is 0.759 bits per heavy atom. The fraction of sp³-hybridized carbons (Fsp3) is 0.773. The highest BCUT2D eigenvalue weighted by Crippen LogP contribution is 2.36. The molecule has 0 atom stereocenters. The number of carbonyl (C=O) groups excluding carboxylic acids is 1. The summed E-state index contributed by atoms with van der Waals surface area (Å²) in [4.78, 5) is 28.0. The lowest BCUT2D eigenvalue weighted by atomic mass is 10.0. The predicted octanol–water partition coefficient (Wildman–Crippen LogP) is 7.16. The third-order valence-corrected chi connectivity index (χ3v) is 5.07. The van der Waals surface area contributed by atoms with Gasteiger partial charge in [-0.3, -0.25) is 14.6 Å². The van der Waals surface area contributed by atoms with Gasteiger partial charge in [0.2, 0.25) is 0 Å². The molecule has 0 spiro atoms. The first-order valence-electron chi connectivity index (χ1n) is 11.2. The number of phosphoric acid groups is 1. The van der Waals surface area contributed by atoms with Gasteiger partial charge in [0.1, 0.15) is 0 Å². The zero-order valence-corrected chi connectivity index (χ0v) is 19.0. The molecule has 1 heterocycles. The minimum Gasteiger partial charge on any atom is -0.473 e. The lowest BCUT2D eigenvalue weighted by Crippen LogP contribution is -2.01. The zero-order valence-electron chi connectivity index (χ0n) is 18.1. The number of hydrogen-bond donors (Lipinski definition) is 2. The molecule has 0 aliphatic carbocycles. The quantitative estimate of drug-likeness (QED) is 0.200. The number of furan rings is 1. The molecule has 0 aliphatic heterocycles. The van der Waals surface area contributed by atoms with Crippen LogP contribution in [0, 0.1) is 0 Å². The topological polar surface area (TPSA) is 97.0 Å². The van der Waals surface area contributed by atoms with E-state index in [-0.39, 0.29) is 6.42 Å². The Balaban J connectivity index is 0.00000135. The number of hydrogen-bond acceptors (Lipinski definition) is 4. The van der Waals surface area contributed by atoms with Crippen LogP contribution >= 0.6 is 7.82 Å². The van der Waals surface area contributed by atoms with Crippen molar-refractivity contribution in [1.29, 1.82) is 0 Å². The molecule has 0 bridgehead atoms. The molecule has 7 heteroatoms. The van der Waals surface area contributed by atoms with Gasteiger partial charge in [-0.2, -0.15) is 0 Å². The van der Waals surface area contributed by atoms with Crippen molar-refractivity contribution < 1.29 is 28.1 Å². The van der Waals surface area contributed by atoms with Gasteiger partial charge in [0, 0.05) is 6.42 Å². The van der Waals surface area contributed by atoms with Crippen LogP contribution in [0.1, 0.15) is 110 Å². The van der Waals surface area contributed by atoms with Gasteiger partial charge in [-0.15, -0.1) is 0 Å². The molecule has 0 fully saturated rings. The Kier molecular flexibility index (Phi) is 19.4. The van der Waals surface area contributed by atoms with E-state index in [1.165, 1.54) is 77.0 Å². The molecule has 6 nitrogen and oxygen atoms in total. The molecule has 0 saturated carbocycles. The van der Waals surface area contributed by atoms with Crippen LogP contribution < -0.4 is 0 Å². The highest BCUT2D eigenvalue weighted by atomic mass is 31.2. The number of rotatable bonds is 17. The summed E-state index contributed by atoms with van der Waals surface area (Å²) in [6.45, 7) is 2.25. The molecule has 170 valence electrons. The molecule has 1 rings (SSSR count). The summed E-state index contributed by atoms with van der Waals surface area (Å²) >= 11 is 0. The second-order valence-electron chi connectivity index (χ2n) is 7.45. The molecule has 0 radical (unpaired) electrons. The molecule has 1 aromatic rings. The Bertz CT molecular complexity index is 480. The monoisotopic (exact) mass is 432 g/mol. The van der Waals surface area contributed by atoms with E-state index in [1.807, 2.05) is 12.1 Å². The third kappa shape index (κ3) is 24.9. The highest BCUT2D eigenvalue weighted by molar-refractivity contribution is 7.46. The summed E-state index contributed by atoms with van der Waals surface area (Å²) in [5.74, 6) is -0.807. The first-order valence-corrected chi connectivity index (χ1v) is 12.7. The summed E-state index contributed by atoms with van der Waals surface area (Å²) in [5.41, 5.74) is 0. The maximum absolute atomic E-state index is 11.1. The van der Waals surface area contributed by atoms with E-state index in [9.17, 15) is 9.36 Å². The summed E-state index contributed by atoms with van der Waals surface area (Å²) in [6.07, 6.45) is 22.0. The van der Waals surface area contributed by atoms with E-state index in [1.54, 1.807) is 12.5 Å². The lowest BCUT2D eigenvalue weighted by Gasteiger charge is -2.05. The van der Waals surface area contributed by atoms with E-state index in [4.69, 9.17) is 9.79 Å². The molecule has 0 aromatic carbocycles. The number of unbranched alkanes of at least 4 members (excludes halogenated alkanes) is 14. The van der Waals surface area contributed by atoms with E-state index in [0.29, 0.717) is 6.42 Å². The summed E-state index contributed by atoms with van der Waals surface area (Å²) in [5, 5.41) is 0. The molecule has 1 aromatic heterocycles. The third-order valence-electron chi connectivity index (χ3n) is 4.63. The Morgan fingerprint density at radius 3 is 1.45 bits per heavy atom. The lowest BCUT2D eigenvalue weighted by molar-refractivity contribution is -0.135. The minimum atomic E-state index is -4.66. The number of phosphoric ester groups is 1. The van der Waals surface area contributed by atoms with Crippen molar-refractivity contribution in [3.63, 3.8) is 0 Å². The van der Waals surface area contributed by atoms with Gasteiger partial charge in [0.15, 0.2) is 0 Å². The SMILES string of the molecule is CCCCCCCCCCCCCCCCCC(=O)OP(=O)(O)O.c1ccoc1. The van der Waals surface area contributed by atoms with Crippen molar-refractivity contribution in [2.45, 2.75) is 110 Å². The van der Waals surface area contributed by atoms with Crippen molar-refractivity contribution in [3.8, 4) is 0 Å². The van der Waals surface area contributed by atoms with Crippen LogP contribution in [0.2, 0.25) is 0 Å². The zero-order chi connectivity index (χ0) is 21.6. The Hall–Kier alpha value is -1.10. The predicted molar refractivity (Wildman–Crippen MR) is 116 cm³/mol. The second kappa shape index (κ2) is 20.2. The van der Waals surface area contributed by atoms with Crippen LogP contribution in [0.15, 0.2) is 29.1 Å². The summed E-state index contributed by atoms with van der Waals surface area (Å²) < 4.78 is 19.0. The maximum Gasteiger partial charge on any atom is 0.526 e. The minimum absolute atomic E-state index is 0.0867. The largest absolute Gasteiger partial charge is 0.526 e. The van der Waals surface area contributed by atoms with E-state index >= 15 is 0 Å². The van der Waals surface area contributed by atoms with Crippen molar-refractivity contribution in [1.82, 2.24) is 0 Å². The molecule has 0 unspecified atom stereocenters. The smallest absolute Gasteiger partial charge is 0.473 e. The van der Waals surface area contributed by atoms with Crippen LogP contribution in [-0.4, -0.2) is 15.8 Å². The molecular weight excluding hydrogens is 391 g/mol. The van der Waals surface area contributed by atoms with E-state index in [2.05, 4.69) is 15.9 Å². The highest BCUT2D eigenvalue weighted by Gasteiger charge is 2.19. The fourth-order valence-electron chi connectivity index (χ4n) is 3.05. The van der Waals surface area contributed by atoms with Gasteiger partial charge in [0.05, 0.1) is 12.5 Å². The standard InChI is InChI=1S/C18H37O5P.C4H4O/c1-2-3-4-5-6-7-8-9-10-11-12-13-14-15-16-17-18(19)23-24(20,21)22;1-2-4-5-3-1/h2-17H2,1H3,(H2,20,21,22);1-4H. The van der Waals surface area contributed by atoms with Crippen LogP contribution in [0.4, 0.5) is 0 Å². The molecule has 29 heavy (non-hydrogen) atoms.